The van der Waals surface area contributed by atoms with Gasteiger partial charge >= 0.3 is 0 Å². The number of ether oxygens (including phenoxy) is 1. The number of rotatable bonds is 7. The van der Waals surface area contributed by atoms with E-state index in [1.807, 2.05) is 6.92 Å². The SMILES string of the molecule is CC(C(=O)NCC1(C(N)=O)CCOCC1)N1CCC(Cc2ccccc2)CC1. The van der Waals surface area contributed by atoms with Crippen molar-refractivity contribution in [1.29, 1.82) is 0 Å². The van der Waals surface area contributed by atoms with Crippen molar-refractivity contribution in [2.24, 2.45) is 17.1 Å². The smallest absolute Gasteiger partial charge is 0.237 e. The largest absolute Gasteiger partial charge is 0.381 e. The maximum Gasteiger partial charge on any atom is 0.237 e. The van der Waals surface area contributed by atoms with E-state index in [2.05, 4.69) is 40.5 Å². The average Bonchev–Trinajstić information content (AvgIpc) is 2.73. The molecule has 2 amide bonds. The van der Waals surface area contributed by atoms with Crippen LogP contribution < -0.4 is 11.1 Å². The van der Waals surface area contributed by atoms with Gasteiger partial charge in [-0.3, -0.25) is 14.5 Å². The van der Waals surface area contributed by atoms with Gasteiger partial charge in [-0.1, -0.05) is 30.3 Å². The zero-order valence-electron chi connectivity index (χ0n) is 16.9. The molecule has 2 aliphatic rings. The second-order valence-electron chi connectivity index (χ2n) is 8.32. The first-order chi connectivity index (χ1) is 13.5. The molecule has 0 aliphatic carbocycles. The molecule has 0 saturated carbocycles. The van der Waals surface area contributed by atoms with Crippen molar-refractivity contribution in [3.05, 3.63) is 35.9 Å². The van der Waals surface area contributed by atoms with Crippen molar-refractivity contribution < 1.29 is 14.3 Å². The molecule has 1 atom stereocenters. The van der Waals surface area contributed by atoms with Crippen LogP contribution in [0.15, 0.2) is 30.3 Å². The van der Waals surface area contributed by atoms with Crippen LogP contribution in [0.3, 0.4) is 0 Å². The molecule has 0 radical (unpaired) electrons. The van der Waals surface area contributed by atoms with Gasteiger partial charge in [0.2, 0.25) is 11.8 Å². The second kappa shape index (κ2) is 9.52. The Hall–Kier alpha value is -1.92. The normalized spacial score (nSPS) is 21.8. The summed E-state index contributed by atoms with van der Waals surface area (Å²) >= 11 is 0. The van der Waals surface area contributed by atoms with E-state index in [0.29, 0.717) is 38.5 Å². The van der Waals surface area contributed by atoms with Crippen LogP contribution in [0.25, 0.3) is 0 Å². The highest BCUT2D eigenvalue weighted by atomic mass is 16.5. The summed E-state index contributed by atoms with van der Waals surface area (Å²) in [5.41, 5.74) is 6.35. The van der Waals surface area contributed by atoms with Crippen molar-refractivity contribution >= 4 is 11.8 Å². The first-order valence-corrected chi connectivity index (χ1v) is 10.4. The molecule has 3 N–H and O–H groups in total. The van der Waals surface area contributed by atoms with Crippen molar-refractivity contribution in [3.8, 4) is 0 Å². The minimum Gasteiger partial charge on any atom is -0.381 e. The summed E-state index contributed by atoms with van der Waals surface area (Å²) in [6, 6.07) is 10.4. The standard InChI is InChI=1S/C22H33N3O3/c1-17(20(26)24-16-22(21(23)27)9-13-28-14-10-22)25-11-7-19(8-12-25)15-18-5-3-2-4-6-18/h2-6,17,19H,7-16H2,1H3,(H2,23,27)(H,24,26). The van der Waals surface area contributed by atoms with Crippen LogP contribution in [0.4, 0.5) is 0 Å². The molecule has 1 aromatic carbocycles. The summed E-state index contributed by atoms with van der Waals surface area (Å²) in [5.74, 6) is 0.313. The second-order valence-corrected chi connectivity index (χ2v) is 8.32. The maximum absolute atomic E-state index is 12.7. The Kier molecular flexibility index (Phi) is 7.08. The molecule has 0 bridgehead atoms. The molecule has 2 heterocycles. The Balaban J connectivity index is 1.45. The van der Waals surface area contributed by atoms with Crippen molar-refractivity contribution in [2.45, 2.75) is 45.1 Å². The molecule has 0 aromatic heterocycles. The Labute approximate surface area is 167 Å². The molecule has 2 aliphatic heterocycles. The zero-order chi connectivity index (χ0) is 20.0. The number of piperidine rings is 1. The Morgan fingerprint density at radius 2 is 1.86 bits per heavy atom. The molecule has 6 nitrogen and oxygen atoms in total. The highest BCUT2D eigenvalue weighted by molar-refractivity contribution is 5.84. The highest BCUT2D eigenvalue weighted by Gasteiger charge is 2.39. The minimum atomic E-state index is -0.670. The Morgan fingerprint density at radius 3 is 2.46 bits per heavy atom. The van der Waals surface area contributed by atoms with Crippen LogP contribution in [0.5, 0.6) is 0 Å². The molecule has 2 saturated heterocycles. The van der Waals surface area contributed by atoms with E-state index < -0.39 is 5.41 Å². The molecule has 6 heteroatoms. The number of nitrogens with zero attached hydrogens (tertiary/aromatic N) is 1. The van der Waals surface area contributed by atoms with Gasteiger partial charge in [0.15, 0.2) is 0 Å². The molecular weight excluding hydrogens is 354 g/mol. The van der Waals surface area contributed by atoms with Gasteiger partial charge in [0.25, 0.3) is 0 Å². The lowest BCUT2D eigenvalue weighted by Gasteiger charge is -2.37. The number of nitrogens with one attached hydrogen (secondary N) is 1. The third kappa shape index (κ3) is 5.11. The molecule has 154 valence electrons. The number of likely N-dealkylation sites (tertiary alicyclic amines) is 1. The van der Waals surface area contributed by atoms with E-state index in [0.717, 1.165) is 32.4 Å². The van der Waals surface area contributed by atoms with Gasteiger partial charge in [-0.2, -0.15) is 0 Å². The Bertz CT molecular complexity index is 650. The van der Waals surface area contributed by atoms with E-state index in [1.165, 1.54) is 5.56 Å². The molecule has 0 spiro atoms. The summed E-state index contributed by atoms with van der Waals surface area (Å²) in [7, 11) is 0. The summed E-state index contributed by atoms with van der Waals surface area (Å²) in [6.45, 7) is 5.15. The lowest BCUT2D eigenvalue weighted by atomic mass is 9.79. The number of hydrogen-bond donors (Lipinski definition) is 2. The van der Waals surface area contributed by atoms with Crippen LogP contribution >= 0.6 is 0 Å². The number of benzene rings is 1. The van der Waals surface area contributed by atoms with Crippen molar-refractivity contribution in [3.63, 3.8) is 0 Å². The third-order valence-electron chi connectivity index (χ3n) is 6.52. The lowest BCUT2D eigenvalue weighted by molar-refractivity contribution is -0.134. The van der Waals surface area contributed by atoms with Crippen LogP contribution in [-0.4, -0.2) is 55.6 Å². The fourth-order valence-corrected chi connectivity index (χ4v) is 4.33. The first kappa shape index (κ1) is 20.8. The fraction of sp³-hybridized carbons (Fsp3) is 0.636. The van der Waals surface area contributed by atoms with Gasteiger partial charge in [-0.15, -0.1) is 0 Å². The first-order valence-electron chi connectivity index (χ1n) is 10.4. The van der Waals surface area contributed by atoms with Crippen molar-refractivity contribution in [2.75, 3.05) is 32.8 Å². The lowest BCUT2D eigenvalue weighted by Crippen LogP contribution is -2.53. The van der Waals surface area contributed by atoms with Gasteiger partial charge in [0, 0.05) is 19.8 Å². The predicted octanol–water partition coefficient (Wildman–Crippen LogP) is 1.73. The van der Waals surface area contributed by atoms with E-state index in [-0.39, 0.29) is 17.9 Å². The zero-order valence-corrected chi connectivity index (χ0v) is 16.9. The monoisotopic (exact) mass is 387 g/mol. The topological polar surface area (TPSA) is 84.7 Å². The number of nitrogens with two attached hydrogens (primary N) is 1. The van der Waals surface area contributed by atoms with Crippen LogP contribution in [0.2, 0.25) is 0 Å². The van der Waals surface area contributed by atoms with Gasteiger partial charge in [0.1, 0.15) is 0 Å². The average molecular weight is 388 g/mol. The van der Waals surface area contributed by atoms with E-state index >= 15 is 0 Å². The third-order valence-corrected chi connectivity index (χ3v) is 6.52. The van der Waals surface area contributed by atoms with Crippen LogP contribution in [0, 0.1) is 11.3 Å². The maximum atomic E-state index is 12.7. The fourth-order valence-electron chi connectivity index (χ4n) is 4.33. The van der Waals surface area contributed by atoms with Gasteiger partial charge < -0.3 is 15.8 Å². The number of hydrogen-bond acceptors (Lipinski definition) is 4. The molecule has 2 fully saturated rings. The minimum absolute atomic E-state index is 0.0198. The van der Waals surface area contributed by atoms with Crippen LogP contribution in [0.1, 0.15) is 38.2 Å². The van der Waals surface area contributed by atoms with Gasteiger partial charge in [-0.05, 0) is 63.6 Å². The molecule has 1 unspecified atom stereocenters. The summed E-state index contributed by atoms with van der Waals surface area (Å²) in [4.78, 5) is 26.9. The van der Waals surface area contributed by atoms with Gasteiger partial charge in [-0.25, -0.2) is 0 Å². The summed E-state index contributed by atoms with van der Waals surface area (Å²) < 4.78 is 5.35. The van der Waals surface area contributed by atoms with Gasteiger partial charge in [0.05, 0.1) is 11.5 Å². The summed E-state index contributed by atoms with van der Waals surface area (Å²) in [5, 5.41) is 2.99. The predicted molar refractivity (Wildman–Crippen MR) is 109 cm³/mol. The molecule has 1 aromatic rings. The molecule has 3 rings (SSSR count). The van der Waals surface area contributed by atoms with E-state index in [4.69, 9.17) is 10.5 Å². The number of carbonyl (C=O) groups excluding carboxylic acids is 2. The number of primary amides is 1. The van der Waals surface area contributed by atoms with E-state index in [1.54, 1.807) is 0 Å². The highest BCUT2D eigenvalue weighted by Crippen LogP contribution is 2.29. The molecule has 28 heavy (non-hydrogen) atoms. The molecular formula is C22H33N3O3. The quantitative estimate of drug-likeness (QED) is 0.746. The van der Waals surface area contributed by atoms with Crippen molar-refractivity contribution in [1.82, 2.24) is 10.2 Å². The number of carbonyl (C=O) groups is 2. The number of amides is 2. The van der Waals surface area contributed by atoms with E-state index in [9.17, 15) is 9.59 Å². The van der Waals surface area contributed by atoms with Crippen LogP contribution in [-0.2, 0) is 20.7 Å². The summed E-state index contributed by atoms with van der Waals surface area (Å²) in [6.07, 6.45) is 4.46. The Morgan fingerprint density at radius 1 is 1.21 bits per heavy atom.